The summed E-state index contributed by atoms with van der Waals surface area (Å²) in [5.41, 5.74) is 0. The molecule has 1 rings (SSSR count). The van der Waals surface area contributed by atoms with Crippen molar-refractivity contribution in [3.63, 3.8) is 0 Å². The second-order valence-electron chi connectivity index (χ2n) is 3.00. The van der Waals surface area contributed by atoms with E-state index in [0.717, 1.165) is 0 Å². The highest BCUT2D eigenvalue weighted by Crippen LogP contribution is 2.10. The molecule has 1 saturated heterocycles. The summed E-state index contributed by atoms with van der Waals surface area (Å²) in [6.45, 7) is 1.75. The largest absolute Gasteiger partial charge is 0.309 e. The second kappa shape index (κ2) is 4.55. The van der Waals surface area contributed by atoms with Gasteiger partial charge in [0.1, 0.15) is 6.04 Å². The van der Waals surface area contributed by atoms with Crippen molar-refractivity contribution in [3.8, 4) is 0 Å². The predicted octanol–water partition coefficient (Wildman–Crippen LogP) is -0.216. The summed E-state index contributed by atoms with van der Waals surface area (Å²) in [5, 5.41) is 2.19. The standard InChI is InChI=1S/C9H12N2O3/c1-2-5-11(6-12)7-3-4-8(13)10-9(7)14/h2,5-7H,3-4H2,1H3,(H,10,13,14)/b5-2-. The van der Waals surface area contributed by atoms with Gasteiger partial charge in [0.15, 0.2) is 0 Å². The van der Waals surface area contributed by atoms with E-state index in [1.165, 1.54) is 11.1 Å². The first-order valence-electron chi connectivity index (χ1n) is 4.38. The monoisotopic (exact) mass is 196 g/mol. The van der Waals surface area contributed by atoms with Crippen molar-refractivity contribution in [3.05, 3.63) is 12.3 Å². The van der Waals surface area contributed by atoms with Gasteiger partial charge in [-0.3, -0.25) is 19.7 Å². The van der Waals surface area contributed by atoms with Crippen LogP contribution in [0.25, 0.3) is 0 Å². The highest BCUT2D eigenvalue weighted by atomic mass is 16.2. The van der Waals surface area contributed by atoms with E-state index in [9.17, 15) is 14.4 Å². The van der Waals surface area contributed by atoms with Gasteiger partial charge in [0.25, 0.3) is 0 Å². The first-order chi connectivity index (χ1) is 6.69. The third-order valence-electron chi connectivity index (χ3n) is 2.01. The molecule has 1 atom stereocenters. The number of rotatable bonds is 3. The normalized spacial score (nSPS) is 22.2. The van der Waals surface area contributed by atoms with Crippen LogP contribution in [0.2, 0.25) is 0 Å². The number of nitrogens with one attached hydrogen (secondary N) is 1. The number of allylic oxidation sites excluding steroid dienone is 1. The molecule has 76 valence electrons. The molecule has 14 heavy (non-hydrogen) atoms. The zero-order chi connectivity index (χ0) is 10.6. The quantitative estimate of drug-likeness (QED) is 0.501. The Balaban J connectivity index is 2.71. The maximum Gasteiger partial charge on any atom is 0.249 e. The third-order valence-corrected chi connectivity index (χ3v) is 2.01. The molecule has 0 bridgehead atoms. The van der Waals surface area contributed by atoms with Gasteiger partial charge in [-0.1, -0.05) is 6.08 Å². The Bertz CT molecular complexity index is 286. The number of nitrogens with zero attached hydrogens (tertiary/aromatic N) is 1. The van der Waals surface area contributed by atoms with E-state index in [-0.39, 0.29) is 12.3 Å². The fourth-order valence-electron chi connectivity index (χ4n) is 1.35. The molecule has 5 nitrogen and oxygen atoms in total. The lowest BCUT2D eigenvalue weighted by molar-refractivity contribution is -0.139. The summed E-state index contributed by atoms with van der Waals surface area (Å²) in [5.74, 6) is -0.691. The van der Waals surface area contributed by atoms with Gasteiger partial charge in [-0.25, -0.2) is 0 Å². The van der Waals surface area contributed by atoms with E-state index >= 15 is 0 Å². The molecule has 3 amide bonds. The lowest BCUT2D eigenvalue weighted by atomic mass is 10.1. The van der Waals surface area contributed by atoms with E-state index in [4.69, 9.17) is 0 Å². The van der Waals surface area contributed by atoms with Crippen LogP contribution in [0.15, 0.2) is 12.3 Å². The Morgan fingerprint density at radius 3 is 2.71 bits per heavy atom. The van der Waals surface area contributed by atoms with Crippen molar-refractivity contribution < 1.29 is 14.4 Å². The number of amides is 3. The number of hydrogen-bond donors (Lipinski definition) is 1. The van der Waals surface area contributed by atoms with Gasteiger partial charge >= 0.3 is 0 Å². The number of hydrogen-bond acceptors (Lipinski definition) is 3. The maximum absolute atomic E-state index is 11.3. The summed E-state index contributed by atoms with van der Waals surface area (Å²) >= 11 is 0. The minimum Gasteiger partial charge on any atom is -0.309 e. The van der Waals surface area contributed by atoms with Crippen molar-refractivity contribution in [2.75, 3.05) is 0 Å². The molecule has 1 aliphatic heterocycles. The highest BCUT2D eigenvalue weighted by Gasteiger charge is 2.29. The number of carbonyl (C=O) groups is 3. The van der Waals surface area contributed by atoms with E-state index in [1.54, 1.807) is 13.0 Å². The van der Waals surface area contributed by atoms with E-state index in [0.29, 0.717) is 12.8 Å². The molecule has 0 aromatic heterocycles. The van der Waals surface area contributed by atoms with Gasteiger partial charge in [0.2, 0.25) is 18.2 Å². The van der Waals surface area contributed by atoms with Crippen LogP contribution in [0.5, 0.6) is 0 Å². The predicted molar refractivity (Wildman–Crippen MR) is 48.9 cm³/mol. The number of carbonyl (C=O) groups excluding carboxylic acids is 3. The summed E-state index contributed by atoms with van der Waals surface area (Å²) in [6, 6.07) is -0.554. The van der Waals surface area contributed by atoms with Crippen LogP contribution in [0.3, 0.4) is 0 Å². The fraction of sp³-hybridized carbons (Fsp3) is 0.444. The molecule has 1 fully saturated rings. The topological polar surface area (TPSA) is 66.5 Å². The molecule has 1 unspecified atom stereocenters. The molecule has 0 radical (unpaired) electrons. The zero-order valence-corrected chi connectivity index (χ0v) is 7.90. The molecule has 1 heterocycles. The van der Waals surface area contributed by atoms with Crippen LogP contribution >= 0.6 is 0 Å². The molecule has 5 heteroatoms. The van der Waals surface area contributed by atoms with Crippen LogP contribution in [0.1, 0.15) is 19.8 Å². The zero-order valence-electron chi connectivity index (χ0n) is 7.90. The second-order valence-corrected chi connectivity index (χ2v) is 3.00. The summed E-state index contributed by atoms with van der Waals surface area (Å²) in [4.78, 5) is 34.0. The summed E-state index contributed by atoms with van der Waals surface area (Å²) in [7, 11) is 0. The average molecular weight is 196 g/mol. The maximum atomic E-state index is 11.3. The van der Waals surface area contributed by atoms with Gasteiger partial charge in [0.05, 0.1) is 0 Å². The van der Waals surface area contributed by atoms with Crippen LogP contribution < -0.4 is 5.32 Å². The summed E-state index contributed by atoms with van der Waals surface area (Å²) in [6.07, 6.45) is 4.43. The van der Waals surface area contributed by atoms with Gasteiger partial charge < -0.3 is 4.90 Å². The van der Waals surface area contributed by atoms with Crippen molar-refractivity contribution in [2.45, 2.75) is 25.8 Å². The van der Waals surface area contributed by atoms with Crippen LogP contribution in [0, 0.1) is 0 Å². The SMILES string of the molecule is C/C=C\N(C=O)C1CCC(=O)NC1=O. The number of piperidine rings is 1. The molecular weight excluding hydrogens is 184 g/mol. The van der Waals surface area contributed by atoms with Crippen LogP contribution in [-0.4, -0.2) is 29.2 Å². The van der Waals surface area contributed by atoms with Crippen molar-refractivity contribution in [1.82, 2.24) is 10.2 Å². The molecule has 1 N–H and O–H groups in total. The fourth-order valence-corrected chi connectivity index (χ4v) is 1.35. The molecule has 0 saturated carbocycles. The van der Waals surface area contributed by atoms with E-state index < -0.39 is 11.9 Å². The minimum atomic E-state index is -0.554. The van der Waals surface area contributed by atoms with Crippen LogP contribution in [0.4, 0.5) is 0 Å². The van der Waals surface area contributed by atoms with Gasteiger partial charge in [-0.2, -0.15) is 0 Å². The van der Waals surface area contributed by atoms with Gasteiger partial charge in [0, 0.05) is 12.6 Å². The van der Waals surface area contributed by atoms with Gasteiger partial charge in [-0.15, -0.1) is 0 Å². The molecular formula is C9H12N2O3. The van der Waals surface area contributed by atoms with Crippen molar-refractivity contribution in [1.29, 1.82) is 0 Å². The Morgan fingerprint density at radius 2 is 2.21 bits per heavy atom. The third kappa shape index (κ3) is 2.18. The first-order valence-corrected chi connectivity index (χ1v) is 4.38. The molecule has 1 aliphatic rings. The lowest BCUT2D eigenvalue weighted by Gasteiger charge is -2.27. The first kappa shape index (κ1) is 10.4. The summed E-state index contributed by atoms with van der Waals surface area (Å²) < 4.78 is 0. The smallest absolute Gasteiger partial charge is 0.249 e. The minimum absolute atomic E-state index is 0.276. The molecule has 0 spiro atoms. The molecule has 0 aromatic rings. The number of imide groups is 1. The Hall–Kier alpha value is -1.65. The lowest BCUT2D eigenvalue weighted by Crippen LogP contribution is -2.50. The highest BCUT2D eigenvalue weighted by molar-refractivity contribution is 6.00. The van der Waals surface area contributed by atoms with Crippen molar-refractivity contribution >= 4 is 18.2 Å². The Labute approximate surface area is 81.8 Å². The van der Waals surface area contributed by atoms with E-state index in [1.807, 2.05) is 0 Å². The molecule has 0 aliphatic carbocycles. The van der Waals surface area contributed by atoms with Crippen LogP contribution in [-0.2, 0) is 14.4 Å². The van der Waals surface area contributed by atoms with Gasteiger partial charge in [-0.05, 0) is 13.3 Å². The Morgan fingerprint density at radius 1 is 1.50 bits per heavy atom. The molecule has 0 aromatic carbocycles. The Kier molecular flexibility index (Phi) is 3.39. The average Bonchev–Trinajstić information content (AvgIpc) is 2.15. The van der Waals surface area contributed by atoms with Crippen molar-refractivity contribution in [2.24, 2.45) is 0 Å². The van der Waals surface area contributed by atoms with E-state index in [2.05, 4.69) is 5.32 Å².